The summed E-state index contributed by atoms with van der Waals surface area (Å²) in [5.41, 5.74) is 0. The zero-order valence-corrected chi connectivity index (χ0v) is 16.7. The molecular formula is C19H40O4S. The van der Waals surface area contributed by atoms with Gasteiger partial charge in [0.15, 0.2) is 0 Å². The molecule has 0 aromatic heterocycles. The van der Waals surface area contributed by atoms with E-state index in [0.29, 0.717) is 12.8 Å². The van der Waals surface area contributed by atoms with E-state index in [9.17, 15) is 18.1 Å². The average Bonchev–Trinajstić information content (AvgIpc) is 2.51. The van der Waals surface area contributed by atoms with Crippen LogP contribution < -0.4 is 0 Å². The number of unbranched alkanes of at least 4 members (excludes halogenated alkanes) is 8. The summed E-state index contributed by atoms with van der Waals surface area (Å²) in [6.07, 6.45) is 14.8. The van der Waals surface area contributed by atoms with Gasteiger partial charge >= 0.3 is 0 Å². The summed E-state index contributed by atoms with van der Waals surface area (Å²) in [5.74, 6) is 0. The Balaban J connectivity index is 3.52. The first-order chi connectivity index (χ1) is 11.4. The predicted molar refractivity (Wildman–Crippen MR) is 102 cm³/mol. The number of hydrogen-bond donors (Lipinski definition) is 2. The third kappa shape index (κ3) is 14.2. The minimum absolute atomic E-state index is 0.113. The number of aliphatic hydroxyl groups is 1. The van der Waals surface area contributed by atoms with Crippen LogP contribution in [-0.2, 0) is 10.1 Å². The lowest BCUT2D eigenvalue weighted by Gasteiger charge is -2.13. The molecule has 0 heterocycles. The number of rotatable bonds is 17. The van der Waals surface area contributed by atoms with Crippen LogP contribution in [0, 0.1) is 0 Å². The summed E-state index contributed by atoms with van der Waals surface area (Å²) in [4.78, 5) is 0. The Morgan fingerprint density at radius 3 is 1.58 bits per heavy atom. The van der Waals surface area contributed by atoms with Crippen LogP contribution in [0.2, 0.25) is 0 Å². The van der Waals surface area contributed by atoms with Crippen molar-refractivity contribution < 1.29 is 18.1 Å². The molecule has 0 aliphatic heterocycles. The summed E-state index contributed by atoms with van der Waals surface area (Å²) < 4.78 is 31.9. The van der Waals surface area contributed by atoms with Crippen LogP contribution in [0.4, 0.5) is 0 Å². The molecule has 0 rings (SSSR count). The smallest absolute Gasteiger partial charge is 0.267 e. The maximum Gasteiger partial charge on any atom is 0.267 e. The molecule has 4 nitrogen and oxygen atoms in total. The fourth-order valence-electron chi connectivity index (χ4n) is 3.16. The van der Waals surface area contributed by atoms with Crippen molar-refractivity contribution in [1.29, 1.82) is 0 Å². The van der Waals surface area contributed by atoms with E-state index in [0.717, 1.165) is 57.8 Å². The molecule has 24 heavy (non-hydrogen) atoms. The molecule has 0 saturated carbocycles. The van der Waals surface area contributed by atoms with Gasteiger partial charge in [0.05, 0.1) is 11.4 Å². The Labute approximate surface area is 150 Å². The molecule has 0 aromatic carbocycles. The highest BCUT2D eigenvalue weighted by Crippen LogP contribution is 2.18. The average molecular weight is 365 g/mol. The second-order valence-electron chi connectivity index (χ2n) is 7.13. The predicted octanol–water partition coefficient (Wildman–Crippen LogP) is 5.50. The molecule has 0 spiro atoms. The standard InChI is InChI=1S/C19H40O4S/c1-3-5-16-19(24(21,22)23)17-13-11-9-7-6-8-10-12-15-18(20)14-4-2/h18-20H,3-17H2,1-2H3,(H,21,22,23). The second kappa shape index (κ2) is 15.2. The van der Waals surface area contributed by atoms with Gasteiger partial charge in [-0.1, -0.05) is 84.5 Å². The Hall–Kier alpha value is -0.130. The van der Waals surface area contributed by atoms with Crippen LogP contribution in [0.3, 0.4) is 0 Å². The zero-order chi connectivity index (χ0) is 18.3. The molecule has 0 fully saturated rings. The molecule has 146 valence electrons. The largest absolute Gasteiger partial charge is 0.393 e. The van der Waals surface area contributed by atoms with Gasteiger partial charge in [0.1, 0.15) is 0 Å². The Morgan fingerprint density at radius 2 is 1.12 bits per heavy atom. The van der Waals surface area contributed by atoms with E-state index in [1.54, 1.807) is 0 Å². The van der Waals surface area contributed by atoms with E-state index in [1.165, 1.54) is 25.7 Å². The highest BCUT2D eigenvalue weighted by molar-refractivity contribution is 7.86. The van der Waals surface area contributed by atoms with Crippen molar-refractivity contribution in [3.63, 3.8) is 0 Å². The van der Waals surface area contributed by atoms with Crippen molar-refractivity contribution in [1.82, 2.24) is 0 Å². The van der Waals surface area contributed by atoms with Gasteiger partial charge in [-0.25, -0.2) is 0 Å². The van der Waals surface area contributed by atoms with Gasteiger partial charge in [-0.05, 0) is 25.7 Å². The van der Waals surface area contributed by atoms with E-state index >= 15 is 0 Å². The molecule has 0 aromatic rings. The highest BCUT2D eigenvalue weighted by atomic mass is 32.2. The van der Waals surface area contributed by atoms with E-state index in [2.05, 4.69) is 6.92 Å². The third-order valence-electron chi connectivity index (χ3n) is 4.74. The third-order valence-corrected chi connectivity index (χ3v) is 6.05. The quantitative estimate of drug-likeness (QED) is 0.264. The molecule has 0 saturated heterocycles. The Morgan fingerprint density at radius 1 is 0.667 bits per heavy atom. The highest BCUT2D eigenvalue weighted by Gasteiger charge is 2.21. The molecule has 0 bridgehead atoms. The summed E-state index contributed by atoms with van der Waals surface area (Å²) in [6, 6.07) is 0. The molecule has 0 amide bonds. The van der Waals surface area contributed by atoms with Crippen molar-refractivity contribution >= 4 is 10.1 Å². The van der Waals surface area contributed by atoms with Crippen LogP contribution in [0.25, 0.3) is 0 Å². The fraction of sp³-hybridized carbons (Fsp3) is 1.00. The van der Waals surface area contributed by atoms with E-state index in [1.807, 2.05) is 6.92 Å². The van der Waals surface area contributed by atoms with Crippen molar-refractivity contribution in [3.8, 4) is 0 Å². The fourth-order valence-corrected chi connectivity index (χ4v) is 4.09. The van der Waals surface area contributed by atoms with Crippen LogP contribution >= 0.6 is 0 Å². The lowest BCUT2D eigenvalue weighted by molar-refractivity contribution is 0.150. The van der Waals surface area contributed by atoms with Crippen molar-refractivity contribution in [2.75, 3.05) is 0 Å². The van der Waals surface area contributed by atoms with Crippen LogP contribution in [-0.4, -0.2) is 29.4 Å². The van der Waals surface area contributed by atoms with Crippen LogP contribution in [0.1, 0.15) is 110 Å². The van der Waals surface area contributed by atoms with Crippen LogP contribution in [0.15, 0.2) is 0 Å². The first-order valence-corrected chi connectivity index (χ1v) is 11.6. The summed E-state index contributed by atoms with van der Waals surface area (Å²) in [5, 5.41) is 9.08. The molecule has 2 atom stereocenters. The number of hydrogen-bond acceptors (Lipinski definition) is 3. The SMILES string of the molecule is CCCCC(CCCCCCCCCCC(O)CCC)S(=O)(=O)O. The van der Waals surface area contributed by atoms with Gasteiger partial charge in [-0.2, -0.15) is 8.42 Å². The summed E-state index contributed by atoms with van der Waals surface area (Å²) in [6.45, 7) is 4.14. The van der Waals surface area contributed by atoms with Gasteiger partial charge in [0.2, 0.25) is 0 Å². The lowest BCUT2D eigenvalue weighted by atomic mass is 10.0. The zero-order valence-electron chi connectivity index (χ0n) is 15.9. The van der Waals surface area contributed by atoms with E-state index in [4.69, 9.17) is 0 Å². The van der Waals surface area contributed by atoms with Gasteiger partial charge in [-0.15, -0.1) is 0 Å². The molecule has 5 heteroatoms. The van der Waals surface area contributed by atoms with Crippen molar-refractivity contribution in [2.24, 2.45) is 0 Å². The Kier molecular flexibility index (Phi) is 15.1. The first-order valence-electron chi connectivity index (χ1n) is 10.1. The normalized spacial score (nSPS) is 14.7. The Bertz CT molecular complexity index is 368. The summed E-state index contributed by atoms with van der Waals surface area (Å²) in [7, 11) is -3.88. The van der Waals surface area contributed by atoms with Crippen molar-refractivity contribution in [2.45, 2.75) is 122 Å². The molecule has 0 aliphatic carbocycles. The van der Waals surface area contributed by atoms with Crippen LogP contribution in [0.5, 0.6) is 0 Å². The molecule has 0 radical (unpaired) electrons. The van der Waals surface area contributed by atoms with Gasteiger partial charge in [0, 0.05) is 0 Å². The topological polar surface area (TPSA) is 74.6 Å². The monoisotopic (exact) mass is 364 g/mol. The van der Waals surface area contributed by atoms with E-state index < -0.39 is 15.4 Å². The first kappa shape index (κ1) is 23.9. The van der Waals surface area contributed by atoms with E-state index in [-0.39, 0.29) is 6.10 Å². The molecule has 2 unspecified atom stereocenters. The number of aliphatic hydroxyl groups excluding tert-OH is 1. The maximum atomic E-state index is 11.3. The van der Waals surface area contributed by atoms with Gasteiger partial charge in [-0.3, -0.25) is 4.55 Å². The minimum Gasteiger partial charge on any atom is -0.393 e. The maximum absolute atomic E-state index is 11.3. The summed E-state index contributed by atoms with van der Waals surface area (Å²) >= 11 is 0. The molecular weight excluding hydrogens is 324 g/mol. The second-order valence-corrected chi connectivity index (χ2v) is 8.82. The minimum atomic E-state index is -3.88. The van der Waals surface area contributed by atoms with Gasteiger partial charge in [0.25, 0.3) is 10.1 Å². The van der Waals surface area contributed by atoms with Gasteiger partial charge < -0.3 is 5.11 Å². The lowest BCUT2D eigenvalue weighted by Crippen LogP contribution is -2.20. The molecule has 0 aliphatic rings. The van der Waals surface area contributed by atoms with Crippen molar-refractivity contribution in [3.05, 3.63) is 0 Å². The molecule has 2 N–H and O–H groups in total.